The highest BCUT2D eigenvalue weighted by Gasteiger charge is 2.20. The number of Topliss-reactive ketones (excluding diaryl/α,β-unsaturated/α-hetero) is 1. The van der Waals surface area contributed by atoms with E-state index in [9.17, 15) is 18.4 Å². The van der Waals surface area contributed by atoms with Crippen molar-refractivity contribution in [2.75, 3.05) is 5.32 Å². The predicted molar refractivity (Wildman–Crippen MR) is 72.8 cm³/mol. The summed E-state index contributed by atoms with van der Waals surface area (Å²) >= 11 is 0.875. The first-order valence-electron chi connectivity index (χ1n) is 5.81. The zero-order valence-electron chi connectivity index (χ0n) is 10.8. The number of nitrogens with one attached hydrogen (secondary N) is 1. The molecule has 1 heterocycles. The molecule has 1 aromatic heterocycles. The van der Waals surface area contributed by atoms with Gasteiger partial charge in [-0.1, -0.05) is 17.4 Å². The summed E-state index contributed by atoms with van der Waals surface area (Å²) in [6.45, 7) is 1.24. The first-order chi connectivity index (χ1) is 9.88. The Morgan fingerprint density at radius 1 is 1.38 bits per heavy atom. The van der Waals surface area contributed by atoms with E-state index in [0.29, 0.717) is 0 Å². The summed E-state index contributed by atoms with van der Waals surface area (Å²) in [5, 5.41) is 11.9. The van der Waals surface area contributed by atoms with Crippen LogP contribution in [0.4, 0.5) is 13.9 Å². The van der Waals surface area contributed by atoms with Crippen molar-refractivity contribution in [3.8, 4) is 0 Å². The molecule has 0 bridgehead atoms. The minimum Gasteiger partial charge on any atom is -0.476 e. The van der Waals surface area contributed by atoms with Crippen LogP contribution in [-0.2, 0) is 6.54 Å². The Balaban J connectivity index is 2.18. The Morgan fingerprint density at radius 2 is 2.10 bits per heavy atom. The molecule has 0 aliphatic heterocycles. The Hall–Kier alpha value is -2.35. The van der Waals surface area contributed by atoms with Gasteiger partial charge in [-0.25, -0.2) is 18.6 Å². The van der Waals surface area contributed by atoms with Crippen molar-refractivity contribution in [2.24, 2.45) is 0 Å². The first kappa shape index (κ1) is 15.0. The number of hydrogen-bond donors (Lipinski definition) is 2. The Kier molecular flexibility index (Phi) is 4.27. The molecule has 0 saturated heterocycles. The molecule has 5 nitrogen and oxygen atoms in total. The van der Waals surface area contributed by atoms with Gasteiger partial charge in [-0.3, -0.25) is 4.79 Å². The van der Waals surface area contributed by atoms with Crippen LogP contribution >= 0.6 is 11.3 Å². The van der Waals surface area contributed by atoms with Gasteiger partial charge in [0, 0.05) is 25.1 Å². The molecule has 0 radical (unpaired) electrons. The van der Waals surface area contributed by atoms with Crippen LogP contribution in [0.2, 0.25) is 0 Å². The van der Waals surface area contributed by atoms with Crippen LogP contribution < -0.4 is 5.32 Å². The fourth-order valence-electron chi connectivity index (χ4n) is 1.62. The maximum absolute atomic E-state index is 13.4. The van der Waals surface area contributed by atoms with Gasteiger partial charge in [-0.15, -0.1) is 0 Å². The number of thiazole rings is 1. The van der Waals surface area contributed by atoms with Gasteiger partial charge in [0.25, 0.3) is 0 Å². The van der Waals surface area contributed by atoms with E-state index in [2.05, 4.69) is 10.3 Å². The van der Waals surface area contributed by atoms with E-state index in [1.807, 2.05) is 0 Å². The van der Waals surface area contributed by atoms with Crippen molar-refractivity contribution in [3.05, 3.63) is 46.0 Å². The van der Waals surface area contributed by atoms with Gasteiger partial charge >= 0.3 is 5.97 Å². The van der Waals surface area contributed by atoms with E-state index in [0.717, 1.165) is 23.5 Å². The van der Waals surface area contributed by atoms with Crippen molar-refractivity contribution in [3.63, 3.8) is 0 Å². The molecule has 0 unspecified atom stereocenters. The number of ketones is 1. The van der Waals surface area contributed by atoms with Gasteiger partial charge in [-0.05, 0) is 6.07 Å². The summed E-state index contributed by atoms with van der Waals surface area (Å²) in [5.74, 6) is -3.12. The fourth-order valence-corrected chi connectivity index (χ4v) is 2.46. The lowest BCUT2D eigenvalue weighted by Crippen LogP contribution is -2.05. The minimum absolute atomic E-state index is 0.00394. The number of anilines is 1. The number of carbonyl (C=O) groups is 2. The maximum atomic E-state index is 13.4. The van der Waals surface area contributed by atoms with E-state index in [4.69, 9.17) is 5.11 Å². The van der Waals surface area contributed by atoms with Gasteiger partial charge in [-0.2, -0.15) is 0 Å². The van der Waals surface area contributed by atoms with Crippen molar-refractivity contribution < 1.29 is 23.5 Å². The number of hydrogen-bond acceptors (Lipinski definition) is 5. The summed E-state index contributed by atoms with van der Waals surface area (Å²) in [5.41, 5.74) is -0.137. The van der Waals surface area contributed by atoms with E-state index in [1.54, 1.807) is 0 Å². The molecule has 21 heavy (non-hydrogen) atoms. The Bertz CT molecular complexity index is 684. The third kappa shape index (κ3) is 3.40. The summed E-state index contributed by atoms with van der Waals surface area (Å²) in [6.07, 6.45) is 0. The molecule has 2 N–H and O–H groups in total. The highest BCUT2D eigenvalue weighted by Crippen LogP contribution is 2.24. The van der Waals surface area contributed by atoms with Crippen LogP contribution in [0.5, 0.6) is 0 Å². The third-order valence-electron chi connectivity index (χ3n) is 2.59. The molecule has 0 atom stereocenters. The summed E-state index contributed by atoms with van der Waals surface area (Å²) in [6, 6.07) is 3.14. The van der Waals surface area contributed by atoms with Crippen LogP contribution in [-0.4, -0.2) is 21.8 Å². The second-order valence-corrected chi connectivity index (χ2v) is 5.15. The molecule has 2 rings (SSSR count). The van der Waals surface area contributed by atoms with Gasteiger partial charge in [0.1, 0.15) is 16.5 Å². The van der Waals surface area contributed by atoms with Crippen molar-refractivity contribution in [1.82, 2.24) is 4.98 Å². The summed E-state index contributed by atoms with van der Waals surface area (Å²) in [4.78, 5) is 26.1. The number of aromatic nitrogens is 1. The molecule has 0 amide bonds. The molecule has 2 aromatic rings. The number of benzene rings is 1. The smallest absolute Gasteiger partial charge is 0.356 e. The normalized spacial score (nSPS) is 10.4. The predicted octanol–water partition coefficient (Wildman–Crippen LogP) is 2.93. The van der Waals surface area contributed by atoms with Gasteiger partial charge < -0.3 is 10.4 Å². The van der Waals surface area contributed by atoms with Crippen LogP contribution in [0, 0.1) is 11.6 Å². The van der Waals surface area contributed by atoms with Gasteiger partial charge in [0.05, 0.1) is 0 Å². The molecular formula is C13H10F2N2O3S. The average molecular weight is 312 g/mol. The number of rotatable bonds is 5. The van der Waals surface area contributed by atoms with Gasteiger partial charge in [0.15, 0.2) is 16.6 Å². The Morgan fingerprint density at radius 3 is 2.62 bits per heavy atom. The van der Waals surface area contributed by atoms with Crippen molar-refractivity contribution >= 4 is 28.2 Å². The molecule has 0 aliphatic carbocycles. The average Bonchev–Trinajstić information content (AvgIpc) is 2.82. The zero-order valence-corrected chi connectivity index (χ0v) is 11.6. The lowest BCUT2D eigenvalue weighted by atomic mass is 10.2. The number of carboxylic acids is 1. The highest BCUT2D eigenvalue weighted by atomic mass is 32.1. The van der Waals surface area contributed by atoms with Crippen LogP contribution in [0.1, 0.15) is 32.6 Å². The minimum atomic E-state index is -1.31. The van der Waals surface area contributed by atoms with Crippen LogP contribution in [0.25, 0.3) is 0 Å². The summed E-state index contributed by atoms with van der Waals surface area (Å²) < 4.78 is 26.2. The molecule has 0 saturated carbocycles. The fraction of sp³-hybridized carbons (Fsp3) is 0.154. The SMILES string of the molecule is CC(=O)c1sc(NCc2ccc(F)cc2F)nc1C(=O)O. The number of carbonyl (C=O) groups excluding carboxylic acids is 1. The number of carboxylic acid groups (broad SMARTS) is 1. The lowest BCUT2D eigenvalue weighted by molar-refractivity contribution is 0.0687. The van der Waals surface area contributed by atoms with Crippen LogP contribution in [0.3, 0.4) is 0 Å². The standard InChI is InChI=1S/C13H10F2N2O3S/c1-6(18)11-10(12(19)20)17-13(21-11)16-5-7-2-3-8(14)4-9(7)15/h2-4H,5H2,1H3,(H,16,17)(H,19,20). The molecule has 0 fully saturated rings. The molecule has 110 valence electrons. The van der Waals surface area contributed by atoms with Gasteiger partial charge in [0.2, 0.25) is 0 Å². The zero-order chi connectivity index (χ0) is 15.6. The molecular weight excluding hydrogens is 302 g/mol. The number of aromatic carboxylic acids is 1. The topological polar surface area (TPSA) is 79.3 Å². The highest BCUT2D eigenvalue weighted by molar-refractivity contribution is 7.17. The van der Waals surface area contributed by atoms with E-state index >= 15 is 0 Å². The van der Waals surface area contributed by atoms with E-state index < -0.39 is 23.4 Å². The first-order valence-corrected chi connectivity index (χ1v) is 6.63. The van der Waals surface area contributed by atoms with Crippen molar-refractivity contribution in [1.29, 1.82) is 0 Å². The largest absolute Gasteiger partial charge is 0.476 e. The monoisotopic (exact) mass is 312 g/mol. The summed E-state index contributed by atoms with van der Waals surface area (Å²) in [7, 11) is 0. The second kappa shape index (κ2) is 5.96. The number of nitrogens with zero attached hydrogens (tertiary/aromatic N) is 1. The molecule has 0 spiro atoms. The lowest BCUT2D eigenvalue weighted by Gasteiger charge is -2.04. The van der Waals surface area contributed by atoms with E-state index in [-0.39, 0.29) is 27.8 Å². The maximum Gasteiger partial charge on any atom is 0.356 e. The molecule has 8 heteroatoms. The molecule has 0 aliphatic rings. The second-order valence-electron chi connectivity index (χ2n) is 4.15. The molecule has 1 aromatic carbocycles. The van der Waals surface area contributed by atoms with E-state index in [1.165, 1.54) is 13.0 Å². The third-order valence-corrected chi connectivity index (χ3v) is 3.71. The van der Waals surface area contributed by atoms with Crippen molar-refractivity contribution in [2.45, 2.75) is 13.5 Å². The number of halogens is 2. The van der Waals surface area contributed by atoms with Crippen LogP contribution in [0.15, 0.2) is 18.2 Å². The quantitative estimate of drug-likeness (QED) is 0.830. The Labute approximate surface area is 122 Å².